The van der Waals surface area contributed by atoms with Gasteiger partial charge in [-0.15, -0.1) is 0 Å². The highest BCUT2D eigenvalue weighted by atomic mass is 79.9. The minimum atomic E-state index is 0.587. The third kappa shape index (κ3) is 1.86. The molecule has 0 saturated carbocycles. The van der Waals surface area contributed by atoms with Crippen molar-refractivity contribution < 1.29 is 4.74 Å². The van der Waals surface area contributed by atoms with Gasteiger partial charge in [-0.3, -0.25) is 4.98 Å². The van der Waals surface area contributed by atoms with Gasteiger partial charge < -0.3 is 9.30 Å². The Hall–Kier alpha value is -2.32. The number of methoxy groups -OCH3 is 1. The van der Waals surface area contributed by atoms with Crippen LogP contribution in [0.4, 0.5) is 0 Å². The van der Waals surface area contributed by atoms with E-state index in [0.717, 1.165) is 26.9 Å². The predicted molar refractivity (Wildman–Crippen MR) is 80.0 cm³/mol. The molecule has 20 heavy (non-hydrogen) atoms. The first-order valence-corrected chi connectivity index (χ1v) is 6.74. The van der Waals surface area contributed by atoms with E-state index in [1.807, 2.05) is 34.9 Å². The van der Waals surface area contributed by atoms with Gasteiger partial charge in [0.1, 0.15) is 16.4 Å². The molecule has 5 heteroatoms. The molecule has 0 aliphatic heterocycles. The van der Waals surface area contributed by atoms with Gasteiger partial charge in [-0.1, -0.05) is 0 Å². The Balaban J connectivity index is 2.30. The monoisotopic (exact) mass is 327 g/mol. The topological polar surface area (TPSA) is 50.8 Å². The summed E-state index contributed by atoms with van der Waals surface area (Å²) in [6.45, 7) is 0. The lowest BCUT2D eigenvalue weighted by Gasteiger charge is -2.08. The maximum absolute atomic E-state index is 9.32. The zero-order valence-electron chi connectivity index (χ0n) is 10.7. The molecule has 0 saturated heterocycles. The number of halogens is 1. The van der Waals surface area contributed by atoms with E-state index in [-0.39, 0.29) is 0 Å². The molecule has 2 aromatic heterocycles. The number of rotatable bonds is 2. The van der Waals surface area contributed by atoms with Gasteiger partial charge >= 0.3 is 0 Å². The Morgan fingerprint density at radius 2 is 2.00 bits per heavy atom. The van der Waals surface area contributed by atoms with Crippen molar-refractivity contribution in [2.24, 2.45) is 0 Å². The second kappa shape index (κ2) is 4.99. The van der Waals surface area contributed by atoms with E-state index in [1.54, 1.807) is 19.5 Å². The zero-order chi connectivity index (χ0) is 14.1. The molecule has 98 valence electrons. The highest BCUT2D eigenvalue weighted by molar-refractivity contribution is 9.10. The van der Waals surface area contributed by atoms with Gasteiger partial charge in [-0.05, 0) is 46.3 Å². The lowest BCUT2D eigenvalue weighted by molar-refractivity contribution is 0.415. The second-order valence-electron chi connectivity index (χ2n) is 4.20. The van der Waals surface area contributed by atoms with Gasteiger partial charge in [-0.25, -0.2) is 0 Å². The van der Waals surface area contributed by atoms with Gasteiger partial charge in [0.15, 0.2) is 0 Å². The van der Waals surface area contributed by atoms with Gasteiger partial charge in [0, 0.05) is 23.5 Å². The van der Waals surface area contributed by atoms with E-state index in [1.165, 1.54) is 0 Å². The maximum Gasteiger partial charge on any atom is 0.119 e. The Bertz CT molecular complexity index is 815. The molecular weight excluding hydrogens is 318 g/mol. The molecule has 0 spiro atoms. The molecule has 0 aliphatic carbocycles. The second-order valence-corrected chi connectivity index (χ2v) is 4.96. The number of pyridine rings is 1. The fourth-order valence-electron chi connectivity index (χ4n) is 2.19. The Labute approximate surface area is 124 Å². The van der Waals surface area contributed by atoms with Crippen molar-refractivity contribution in [1.82, 2.24) is 9.55 Å². The first-order valence-electron chi connectivity index (χ1n) is 5.94. The van der Waals surface area contributed by atoms with E-state index in [9.17, 15) is 5.26 Å². The summed E-state index contributed by atoms with van der Waals surface area (Å²) < 4.78 is 7.88. The van der Waals surface area contributed by atoms with Crippen molar-refractivity contribution in [3.05, 3.63) is 52.9 Å². The molecule has 0 aliphatic rings. The van der Waals surface area contributed by atoms with Crippen LogP contribution in [0, 0.1) is 11.3 Å². The summed E-state index contributed by atoms with van der Waals surface area (Å²) >= 11 is 3.51. The molecule has 3 rings (SSSR count). The highest BCUT2D eigenvalue weighted by Gasteiger charge is 2.16. The van der Waals surface area contributed by atoms with Crippen LogP contribution < -0.4 is 4.74 Å². The SMILES string of the molecule is COc1ccc(-n2c(Br)c(C#N)c3cnccc32)cc1. The number of nitriles is 1. The Morgan fingerprint density at radius 3 is 2.65 bits per heavy atom. The lowest BCUT2D eigenvalue weighted by atomic mass is 10.2. The number of ether oxygens (including phenoxy) is 1. The van der Waals surface area contributed by atoms with Gasteiger partial charge in [0.05, 0.1) is 18.2 Å². The van der Waals surface area contributed by atoms with E-state index in [0.29, 0.717) is 5.56 Å². The number of fused-ring (bicyclic) bond motifs is 1. The Kier molecular flexibility index (Phi) is 3.17. The predicted octanol–water partition coefficient (Wildman–Crippen LogP) is 3.67. The van der Waals surface area contributed by atoms with Crippen LogP contribution in [0.3, 0.4) is 0 Å². The van der Waals surface area contributed by atoms with Crippen LogP contribution in [0.1, 0.15) is 5.56 Å². The summed E-state index contributed by atoms with van der Waals surface area (Å²) in [5, 5.41) is 10.1. The first-order chi connectivity index (χ1) is 9.76. The lowest BCUT2D eigenvalue weighted by Crippen LogP contribution is -1.94. The molecule has 0 N–H and O–H groups in total. The van der Waals surface area contributed by atoms with Crippen LogP contribution >= 0.6 is 15.9 Å². The van der Waals surface area contributed by atoms with Crippen molar-refractivity contribution in [3.8, 4) is 17.5 Å². The van der Waals surface area contributed by atoms with Crippen molar-refractivity contribution >= 4 is 26.8 Å². The normalized spacial score (nSPS) is 10.4. The quantitative estimate of drug-likeness (QED) is 0.721. The van der Waals surface area contributed by atoms with Crippen LogP contribution in [-0.2, 0) is 0 Å². The molecule has 0 fully saturated rings. The minimum Gasteiger partial charge on any atom is -0.497 e. The third-order valence-electron chi connectivity index (χ3n) is 3.15. The fourth-order valence-corrected chi connectivity index (χ4v) is 2.89. The molecule has 0 bridgehead atoms. The van der Waals surface area contributed by atoms with Gasteiger partial charge in [-0.2, -0.15) is 5.26 Å². The summed E-state index contributed by atoms with van der Waals surface area (Å²) in [6.07, 6.45) is 3.43. The largest absolute Gasteiger partial charge is 0.497 e. The summed E-state index contributed by atoms with van der Waals surface area (Å²) in [6, 6.07) is 11.8. The van der Waals surface area contributed by atoms with E-state index in [4.69, 9.17) is 4.74 Å². The number of nitrogens with zero attached hydrogens (tertiary/aromatic N) is 3. The van der Waals surface area contributed by atoms with Crippen molar-refractivity contribution in [2.45, 2.75) is 0 Å². The van der Waals surface area contributed by atoms with Crippen molar-refractivity contribution in [2.75, 3.05) is 7.11 Å². The molecule has 0 unspecified atom stereocenters. The van der Waals surface area contributed by atoms with Crippen LogP contribution in [-0.4, -0.2) is 16.7 Å². The smallest absolute Gasteiger partial charge is 0.119 e. The molecule has 0 atom stereocenters. The summed E-state index contributed by atoms with van der Waals surface area (Å²) in [5.41, 5.74) is 2.48. The molecule has 0 amide bonds. The molecule has 0 radical (unpaired) electrons. The molecule has 4 nitrogen and oxygen atoms in total. The fraction of sp³-hybridized carbons (Fsp3) is 0.0667. The molecule has 3 aromatic rings. The summed E-state index contributed by atoms with van der Waals surface area (Å²) in [7, 11) is 1.63. The zero-order valence-corrected chi connectivity index (χ0v) is 12.3. The van der Waals surface area contributed by atoms with Crippen LogP contribution in [0.5, 0.6) is 5.75 Å². The maximum atomic E-state index is 9.32. The average Bonchev–Trinajstić information content (AvgIpc) is 2.79. The van der Waals surface area contributed by atoms with Gasteiger partial charge in [0.2, 0.25) is 0 Å². The number of benzene rings is 1. The molecule has 1 aromatic carbocycles. The molecular formula is C15H10BrN3O. The van der Waals surface area contributed by atoms with Crippen LogP contribution in [0.15, 0.2) is 47.3 Å². The number of aromatic nitrogens is 2. The van der Waals surface area contributed by atoms with Crippen molar-refractivity contribution in [3.63, 3.8) is 0 Å². The minimum absolute atomic E-state index is 0.587. The highest BCUT2D eigenvalue weighted by Crippen LogP contribution is 2.32. The summed E-state index contributed by atoms with van der Waals surface area (Å²) in [5.74, 6) is 0.795. The van der Waals surface area contributed by atoms with Crippen molar-refractivity contribution in [1.29, 1.82) is 5.26 Å². The average molecular weight is 328 g/mol. The first kappa shape index (κ1) is 12.7. The van der Waals surface area contributed by atoms with Crippen LogP contribution in [0.2, 0.25) is 0 Å². The third-order valence-corrected chi connectivity index (χ3v) is 3.90. The van der Waals surface area contributed by atoms with E-state index in [2.05, 4.69) is 27.0 Å². The Morgan fingerprint density at radius 1 is 1.25 bits per heavy atom. The molecule has 2 heterocycles. The number of hydrogen-bond donors (Lipinski definition) is 0. The van der Waals surface area contributed by atoms with Crippen LogP contribution in [0.25, 0.3) is 16.6 Å². The van der Waals surface area contributed by atoms with Gasteiger partial charge in [0.25, 0.3) is 0 Å². The number of hydrogen-bond acceptors (Lipinski definition) is 3. The standard InChI is InChI=1S/C15H10BrN3O/c1-20-11-4-2-10(3-5-11)19-14-6-7-18-9-13(14)12(8-17)15(19)16/h2-7,9H,1H3. The van der Waals surface area contributed by atoms with E-state index >= 15 is 0 Å². The summed E-state index contributed by atoms with van der Waals surface area (Å²) in [4.78, 5) is 4.09. The van der Waals surface area contributed by atoms with E-state index < -0.39 is 0 Å².